The highest BCUT2D eigenvalue weighted by molar-refractivity contribution is 7.98. The monoisotopic (exact) mass is 207 g/mol. The molecule has 0 spiro atoms. The van der Waals surface area contributed by atoms with Crippen LogP contribution in [0.1, 0.15) is 24.0 Å². The van der Waals surface area contributed by atoms with Crippen molar-refractivity contribution in [3.8, 4) is 0 Å². The molecule has 76 valence electrons. The van der Waals surface area contributed by atoms with Gasteiger partial charge in [0.2, 0.25) is 0 Å². The first-order valence-electron chi connectivity index (χ1n) is 5.05. The van der Waals surface area contributed by atoms with Gasteiger partial charge in [-0.05, 0) is 44.1 Å². The molecule has 2 N–H and O–H groups in total. The van der Waals surface area contributed by atoms with Crippen molar-refractivity contribution in [1.82, 2.24) is 0 Å². The van der Waals surface area contributed by atoms with Crippen LogP contribution in [0.2, 0.25) is 0 Å². The highest BCUT2D eigenvalue weighted by Gasteiger charge is 2.38. The number of rotatable bonds is 3. The van der Waals surface area contributed by atoms with Crippen molar-refractivity contribution in [2.75, 3.05) is 6.26 Å². The average molecular weight is 207 g/mol. The zero-order valence-electron chi connectivity index (χ0n) is 8.84. The number of hydrogen-bond acceptors (Lipinski definition) is 2. The maximum Gasteiger partial charge on any atom is 0.0196 e. The van der Waals surface area contributed by atoms with Crippen molar-refractivity contribution in [1.29, 1.82) is 0 Å². The topological polar surface area (TPSA) is 26.0 Å². The third kappa shape index (κ3) is 2.12. The predicted molar refractivity (Wildman–Crippen MR) is 62.8 cm³/mol. The summed E-state index contributed by atoms with van der Waals surface area (Å²) in [5.41, 5.74) is 9.01. The van der Waals surface area contributed by atoms with Crippen LogP contribution < -0.4 is 5.73 Å². The first kappa shape index (κ1) is 10.1. The maximum absolute atomic E-state index is 6.13. The van der Waals surface area contributed by atoms with Crippen molar-refractivity contribution < 1.29 is 0 Å². The van der Waals surface area contributed by atoms with Crippen LogP contribution in [-0.2, 0) is 6.42 Å². The third-order valence-corrected chi connectivity index (χ3v) is 3.70. The van der Waals surface area contributed by atoms with Gasteiger partial charge in [0.15, 0.2) is 0 Å². The standard InChI is InChI=1S/C12H17NS/c1-9-3-4-10(11(7-9)14-2)8-12(13)5-6-12/h3-4,7H,5-6,8,13H2,1-2H3. The second kappa shape index (κ2) is 3.59. The first-order valence-corrected chi connectivity index (χ1v) is 6.28. The van der Waals surface area contributed by atoms with Crippen molar-refractivity contribution >= 4 is 11.8 Å². The zero-order chi connectivity index (χ0) is 10.2. The molecule has 1 nitrogen and oxygen atoms in total. The van der Waals surface area contributed by atoms with Crippen molar-refractivity contribution in [2.24, 2.45) is 5.73 Å². The van der Waals surface area contributed by atoms with Gasteiger partial charge in [0.25, 0.3) is 0 Å². The van der Waals surface area contributed by atoms with Gasteiger partial charge in [-0.2, -0.15) is 0 Å². The van der Waals surface area contributed by atoms with Crippen LogP contribution in [0.25, 0.3) is 0 Å². The van der Waals surface area contributed by atoms with Crippen LogP contribution in [-0.4, -0.2) is 11.8 Å². The molecule has 1 saturated carbocycles. The molecule has 1 aliphatic carbocycles. The van der Waals surface area contributed by atoms with Gasteiger partial charge in [-0.15, -0.1) is 11.8 Å². The van der Waals surface area contributed by atoms with Crippen LogP contribution in [0.4, 0.5) is 0 Å². The summed E-state index contributed by atoms with van der Waals surface area (Å²) in [7, 11) is 0. The van der Waals surface area contributed by atoms with Gasteiger partial charge in [-0.3, -0.25) is 0 Å². The van der Waals surface area contributed by atoms with E-state index in [-0.39, 0.29) is 5.54 Å². The van der Waals surface area contributed by atoms with E-state index in [0.29, 0.717) is 0 Å². The summed E-state index contributed by atoms with van der Waals surface area (Å²) in [4.78, 5) is 1.39. The number of nitrogens with two attached hydrogens (primary N) is 1. The molecule has 2 rings (SSSR count). The molecule has 1 aromatic rings. The molecular formula is C12H17NS. The van der Waals surface area contributed by atoms with Crippen molar-refractivity contribution in [2.45, 2.75) is 36.6 Å². The molecule has 0 radical (unpaired) electrons. The Morgan fingerprint density at radius 3 is 2.71 bits per heavy atom. The summed E-state index contributed by atoms with van der Waals surface area (Å²) >= 11 is 1.82. The van der Waals surface area contributed by atoms with Gasteiger partial charge >= 0.3 is 0 Å². The molecule has 1 aromatic carbocycles. The minimum Gasteiger partial charge on any atom is -0.325 e. The summed E-state index contributed by atoms with van der Waals surface area (Å²) in [6, 6.07) is 6.67. The largest absolute Gasteiger partial charge is 0.325 e. The summed E-state index contributed by atoms with van der Waals surface area (Å²) < 4.78 is 0. The fourth-order valence-electron chi connectivity index (χ4n) is 1.71. The molecular weight excluding hydrogens is 190 g/mol. The Kier molecular flexibility index (Phi) is 2.58. The molecule has 0 bridgehead atoms. The van der Waals surface area contributed by atoms with E-state index in [1.165, 1.54) is 28.9 Å². The van der Waals surface area contributed by atoms with Crippen molar-refractivity contribution in [3.05, 3.63) is 29.3 Å². The van der Waals surface area contributed by atoms with Gasteiger partial charge < -0.3 is 5.73 Å². The number of benzene rings is 1. The smallest absolute Gasteiger partial charge is 0.0196 e. The first-order chi connectivity index (χ1) is 6.63. The summed E-state index contributed by atoms with van der Waals surface area (Å²) in [5.74, 6) is 0. The van der Waals surface area contributed by atoms with E-state index in [1.807, 2.05) is 11.8 Å². The minimum atomic E-state index is 0.125. The Bertz CT molecular complexity index is 342. The fraction of sp³-hybridized carbons (Fsp3) is 0.500. The highest BCUT2D eigenvalue weighted by atomic mass is 32.2. The van der Waals surface area contributed by atoms with Gasteiger partial charge in [0.05, 0.1) is 0 Å². The van der Waals surface area contributed by atoms with Crippen LogP contribution >= 0.6 is 11.8 Å². The van der Waals surface area contributed by atoms with Gasteiger partial charge in [0.1, 0.15) is 0 Å². The molecule has 1 aliphatic rings. The summed E-state index contributed by atoms with van der Waals surface area (Å²) in [5, 5.41) is 0. The molecule has 2 heteroatoms. The Morgan fingerprint density at radius 1 is 1.43 bits per heavy atom. The van der Waals surface area contributed by atoms with E-state index < -0.39 is 0 Å². The maximum atomic E-state index is 6.13. The lowest BCUT2D eigenvalue weighted by molar-refractivity contribution is 0.665. The summed E-state index contributed by atoms with van der Waals surface area (Å²) in [6.45, 7) is 2.14. The lowest BCUT2D eigenvalue weighted by atomic mass is 10.0. The Hall–Kier alpha value is -0.470. The van der Waals surface area contributed by atoms with E-state index in [0.717, 1.165) is 6.42 Å². The molecule has 0 amide bonds. The number of aryl methyl sites for hydroxylation is 1. The quantitative estimate of drug-likeness (QED) is 0.771. The van der Waals surface area contributed by atoms with Gasteiger partial charge in [0, 0.05) is 10.4 Å². The van der Waals surface area contributed by atoms with E-state index >= 15 is 0 Å². The van der Waals surface area contributed by atoms with Crippen LogP contribution in [0.5, 0.6) is 0 Å². The van der Waals surface area contributed by atoms with Crippen LogP contribution in [0, 0.1) is 6.92 Å². The molecule has 14 heavy (non-hydrogen) atoms. The van der Waals surface area contributed by atoms with E-state index in [2.05, 4.69) is 31.4 Å². The molecule has 0 atom stereocenters. The fourth-order valence-corrected chi connectivity index (χ4v) is 2.42. The lowest BCUT2D eigenvalue weighted by Crippen LogP contribution is -2.24. The van der Waals surface area contributed by atoms with Crippen LogP contribution in [0.15, 0.2) is 23.1 Å². The molecule has 0 aliphatic heterocycles. The Labute approximate surface area is 90.1 Å². The molecule has 0 aromatic heterocycles. The average Bonchev–Trinajstić information content (AvgIpc) is 2.87. The highest BCUT2D eigenvalue weighted by Crippen LogP contribution is 2.37. The molecule has 1 fully saturated rings. The zero-order valence-corrected chi connectivity index (χ0v) is 9.66. The lowest BCUT2D eigenvalue weighted by Gasteiger charge is -2.12. The van der Waals surface area contributed by atoms with Crippen molar-refractivity contribution in [3.63, 3.8) is 0 Å². The predicted octanol–water partition coefficient (Wildman–Crippen LogP) is 2.75. The second-order valence-corrected chi connectivity index (χ2v) is 5.20. The molecule has 0 unspecified atom stereocenters. The minimum absolute atomic E-state index is 0.125. The van der Waals surface area contributed by atoms with E-state index in [4.69, 9.17) is 5.73 Å². The SMILES string of the molecule is CSc1cc(C)ccc1CC1(N)CC1. The van der Waals surface area contributed by atoms with Gasteiger partial charge in [-0.25, -0.2) is 0 Å². The van der Waals surface area contributed by atoms with Gasteiger partial charge in [-0.1, -0.05) is 17.7 Å². The third-order valence-electron chi connectivity index (χ3n) is 2.88. The molecule has 0 saturated heterocycles. The normalized spacial score (nSPS) is 18.2. The van der Waals surface area contributed by atoms with E-state index in [1.54, 1.807) is 0 Å². The Balaban J connectivity index is 2.23. The van der Waals surface area contributed by atoms with E-state index in [9.17, 15) is 0 Å². The number of thioether (sulfide) groups is 1. The number of hydrogen-bond donors (Lipinski definition) is 1. The summed E-state index contributed by atoms with van der Waals surface area (Å²) in [6.07, 6.45) is 5.56. The Morgan fingerprint density at radius 2 is 2.14 bits per heavy atom. The molecule has 0 heterocycles. The second-order valence-electron chi connectivity index (χ2n) is 4.35. The van der Waals surface area contributed by atoms with Crippen LogP contribution in [0.3, 0.4) is 0 Å².